The Labute approximate surface area is 135 Å². The summed E-state index contributed by atoms with van der Waals surface area (Å²) in [6.07, 6.45) is 6.18. The van der Waals surface area contributed by atoms with Crippen LogP contribution in [0, 0.1) is 0 Å². The average molecular weight is 314 g/mol. The molecule has 5 heteroatoms. The third-order valence-corrected chi connectivity index (χ3v) is 4.64. The Hall–Kier alpha value is -2.30. The fraction of sp³-hybridized carbons (Fsp3) is 0.444. The van der Waals surface area contributed by atoms with Crippen LogP contribution in [-0.4, -0.2) is 29.6 Å². The highest BCUT2D eigenvalue weighted by Gasteiger charge is 2.24. The fourth-order valence-corrected chi connectivity index (χ4v) is 3.32. The van der Waals surface area contributed by atoms with Gasteiger partial charge in [-0.25, -0.2) is 4.79 Å². The number of aromatic nitrogens is 1. The Morgan fingerprint density at radius 3 is 2.65 bits per heavy atom. The zero-order chi connectivity index (χ0) is 16.4. The molecule has 0 unspecified atom stereocenters. The highest BCUT2D eigenvalue weighted by Crippen LogP contribution is 2.26. The molecule has 5 nitrogen and oxygen atoms in total. The van der Waals surface area contributed by atoms with Crippen LogP contribution in [0.5, 0.6) is 0 Å². The van der Waals surface area contributed by atoms with Crippen molar-refractivity contribution >= 4 is 22.8 Å². The molecule has 1 aliphatic carbocycles. The van der Waals surface area contributed by atoms with Crippen LogP contribution < -0.4 is 5.32 Å². The standard InChI is InChI=1S/C18H22N2O3/c1-12(17(21)19-13-7-3-4-8-13)20-11-15(18(22)23-2)14-9-5-6-10-16(14)20/h5-6,9-13H,3-4,7-8H2,1-2H3,(H,19,21)/t12-/m0/s1. The van der Waals surface area contributed by atoms with Crippen molar-refractivity contribution < 1.29 is 14.3 Å². The van der Waals surface area contributed by atoms with Crippen LogP contribution in [0.2, 0.25) is 0 Å². The molecule has 1 N–H and O–H groups in total. The molecule has 1 amide bonds. The lowest BCUT2D eigenvalue weighted by Gasteiger charge is -2.18. The number of benzene rings is 1. The summed E-state index contributed by atoms with van der Waals surface area (Å²) in [5, 5.41) is 3.92. The van der Waals surface area contributed by atoms with E-state index in [1.165, 1.54) is 20.0 Å². The van der Waals surface area contributed by atoms with Gasteiger partial charge in [0.05, 0.1) is 12.7 Å². The second-order valence-electron chi connectivity index (χ2n) is 6.12. The van der Waals surface area contributed by atoms with Crippen LogP contribution in [0.3, 0.4) is 0 Å². The molecule has 2 aromatic rings. The summed E-state index contributed by atoms with van der Waals surface area (Å²) < 4.78 is 6.71. The highest BCUT2D eigenvalue weighted by molar-refractivity contribution is 6.04. The van der Waals surface area contributed by atoms with E-state index in [0.29, 0.717) is 5.56 Å². The van der Waals surface area contributed by atoms with Gasteiger partial charge >= 0.3 is 5.97 Å². The van der Waals surface area contributed by atoms with Crippen molar-refractivity contribution in [2.45, 2.75) is 44.7 Å². The number of amides is 1. The summed E-state index contributed by atoms with van der Waals surface area (Å²) in [5.74, 6) is -0.391. The van der Waals surface area contributed by atoms with Crippen molar-refractivity contribution in [1.29, 1.82) is 0 Å². The summed E-state index contributed by atoms with van der Waals surface area (Å²) in [6, 6.07) is 7.48. The van der Waals surface area contributed by atoms with Gasteiger partial charge in [-0.2, -0.15) is 0 Å². The Morgan fingerprint density at radius 1 is 1.26 bits per heavy atom. The lowest BCUT2D eigenvalue weighted by Crippen LogP contribution is -2.37. The first kappa shape index (κ1) is 15.6. The first-order chi connectivity index (χ1) is 11.1. The molecule has 122 valence electrons. The number of carbonyl (C=O) groups is 2. The predicted octanol–water partition coefficient (Wildman–Crippen LogP) is 3.05. The number of hydrogen-bond donors (Lipinski definition) is 1. The van der Waals surface area contributed by atoms with Crippen LogP contribution in [0.25, 0.3) is 10.9 Å². The van der Waals surface area contributed by atoms with E-state index in [-0.39, 0.29) is 24.0 Å². The Balaban J connectivity index is 1.92. The molecule has 0 saturated heterocycles. The van der Waals surface area contributed by atoms with Gasteiger partial charge in [0.2, 0.25) is 5.91 Å². The molecule has 0 spiro atoms. The predicted molar refractivity (Wildman–Crippen MR) is 88.4 cm³/mol. The summed E-state index contributed by atoms with van der Waals surface area (Å²) in [7, 11) is 1.37. The number of methoxy groups -OCH3 is 1. The third kappa shape index (κ3) is 2.96. The third-order valence-electron chi connectivity index (χ3n) is 4.64. The number of ether oxygens (including phenoxy) is 1. The minimum Gasteiger partial charge on any atom is -0.465 e. The average Bonchev–Trinajstić information content (AvgIpc) is 3.21. The number of para-hydroxylation sites is 1. The van der Waals surface area contributed by atoms with E-state index >= 15 is 0 Å². The second kappa shape index (κ2) is 6.44. The van der Waals surface area contributed by atoms with Gasteiger partial charge in [0.1, 0.15) is 6.04 Å². The van der Waals surface area contributed by atoms with Gasteiger partial charge in [0.15, 0.2) is 0 Å². The number of nitrogens with one attached hydrogen (secondary N) is 1. The van der Waals surface area contributed by atoms with E-state index in [1.54, 1.807) is 6.20 Å². The SMILES string of the molecule is COC(=O)c1cn([C@@H](C)C(=O)NC2CCCC2)c2ccccc12. The van der Waals surface area contributed by atoms with Gasteiger partial charge in [-0.05, 0) is 25.8 Å². The Morgan fingerprint density at radius 2 is 1.96 bits per heavy atom. The minimum absolute atomic E-state index is 0.00549. The van der Waals surface area contributed by atoms with Gasteiger partial charge < -0.3 is 14.6 Å². The lowest BCUT2D eigenvalue weighted by atomic mass is 10.2. The molecular weight excluding hydrogens is 292 g/mol. The van der Waals surface area contributed by atoms with E-state index in [9.17, 15) is 9.59 Å². The Bertz CT molecular complexity index is 729. The maximum atomic E-state index is 12.5. The van der Waals surface area contributed by atoms with E-state index in [0.717, 1.165) is 23.7 Å². The van der Waals surface area contributed by atoms with Gasteiger partial charge in [-0.15, -0.1) is 0 Å². The minimum atomic E-state index is -0.386. The number of hydrogen-bond acceptors (Lipinski definition) is 3. The van der Waals surface area contributed by atoms with Gasteiger partial charge in [0.25, 0.3) is 0 Å². The smallest absolute Gasteiger partial charge is 0.340 e. The van der Waals surface area contributed by atoms with Crippen LogP contribution in [0.1, 0.15) is 49.0 Å². The van der Waals surface area contributed by atoms with Crippen molar-refractivity contribution in [1.82, 2.24) is 9.88 Å². The van der Waals surface area contributed by atoms with Crippen LogP contribution in [0.4, 0.5) is 0 Å². The molecule has 3 rings (SSSR count). The van der Waals surface area contributed by atoms with Crippen molar-refractivity contribution in [3.8, 4) is 0 Å². The van der Waals surface area contributed by atoms with Gasteiger partial charge in [-0.1, -0.05) is 31.0 Å². The molecule has 0 aliphatic heterocycles. The molecule has 1 aliphatic rings. The molecule has 1 heterocycles. The topological polar surface area (TPSA) is 60.3 Å². The van der Waals surface area contributed by atoms with Crippen molar-refractivity contribution in [3.05, 3.63) is 36.0 Å². The normalized spacial score (nSPS) is 16.4. The van der Waals surface area contributed by atoms with Crippen molar-refractivity contribution in [2.24, 2.45) is 0 Å². The molecule has 23 heavy (non-hydrogen) atoms. The summed E-state index contributed by atoms with van der Waals surface area (Å²) in [6.45, 7) is 1.86. The van der Waals surface area contributed by atoms with E-state index < -0.39 is 0 Å². The number of esters is 1. The molecular formula is C18H22N2O3. The summed E-state index contributed by atoms with van der Waals surface area (Å²) in [4.78, 5) is 24.5. The van der Waals surface area contributed by atoms with Gasteiger partial charge in [0, 0.05) is 23.1 Å². The zero-order valence-corrected chi connectivity index (χ0v) is 13.5. The van der Waals surface area contributed by atoms with E-state index in [1.807, 2.05) is 35.8 Å². The number of carbonyl (C=O) groups excluding carboxylic acids is 2. The molecule has 0 bridgehead atoms. The van der Waals surface area contributed by atoms with Crippen molar-refractivity contribution in [3.63, 3.8) is 0 Å². The number of fused-ring (bicyclic) bond motifs is 1. The number of rotatable bonds is 4. The summed E-state index contributed by atoms with van der Waals surface area (Å²) in [5.41, 5.74) is 1.35. The lowest BCUT2D eigenvalue weighted by molar-refractivity contribution is -0.124. The highest BCUT2D eigenvalue weighted by atomic mass is 16.5. The quantitative estimate of drug-likeness (QED) is 0.882. The van der Waals surface area contributed by atoms with Crippen LogP contribution in [-0.2, 0) is 9.53 Å². The zero-order valence-electron chi connectivity index (χ0n) is 13.5. The maximum Gasteiger partial charge on any atom is 0.340 e. The molecule has 1 saturated carbocycles. The first-order valence-electron chi connectivity index (χ1n) is 8.10. The van der Waals surface area contributed by atoms with Crippen molar-refractivity contribution in [2.75, 3.05) is 7.11 Å². The summed E-state index contributed by atoms with van der Waals surface area (Å²) >= 11 is 0. The first-order valence-corrected chi connectivity index (χ1v) is 8.10. The largest absolute Gasteiger partial charge is 0.465 e. The Kier molecular flexibility index (Phi) is 4.37. The maximum absolute atomic E-state index is 12.5. The van der Waals surface area contributed by atoms with Crippen LogP contribution in [0.15, 0.2) is 30.5 Å². The van der Waals surface area contributed by atoms with E-state index in [4.69, 9.17) is 4.74 Å². The fourth-order valence-electron chi connectivity index (χ4n) is 3.32. The second-order valence-corrected chi connectivity index (χ2v) is 6.12. The monoisotopic (exact) mass is 314 g/mol. The van der Waals surface area contributed by atoms with Crippen LogP contribution >= 0.6 is 0 Å². The molecule has 1 fully saturated rings. The van der Waals surface area contributed by atoms with E-state index in [2.05, 4.69) is 5.32 Å². The molecule has 1 aromatic carbocycles. The number of nitrogens with zero attached hydrogens (tertiary/aromatic N) is 1. The van der Waals surface area contributed by atoms with Gasteiger partial charge in [-0.3, -0.25) is 4.79 Å². The molecule has 1 aromatic heterocycles. The molecule has 0 radical (unpaired) electrons. The molecule has 1 atom stereocenters.